The Morgan fingerprint density at radius 2 is 0.985 bits per heavy atom. The highest BCUT2D eigenvalue weighted by atomic mass is 32.2. The number of rotatable bonds is 5. The first kappa shape index (κ1) is 37.6. The van der Waals surface area contributed by atoms with Gasteiger partial charge in [-0.15, -0.1) is 0 Å². The molecule has 302 valence electrons. The molecule has 0 atom stereocenters. The van der Waals surface area contributed by atoms with Crippen LogP contribution in [0.1, 0.15) is 0 Å². The number of para-hydroxylation sites is 1. The zero-order valence-corrected chi connectivity index (χ0v) is 37.3. The van der Waals surface area contributed by atoms with Crippen LogP contribution < -0.4 is 42.3 Å². The van der Waals surface area contributed by atoms with Crippen LogP contribution >= 0.6 is 35.3 Å². The Kier molecular flexibility index (Phi) is 8.62. The van der Waals surface area contributed by atoms with Crippen LogP contribution in [0.5, 0.6) is 23.0 Å². The lowest BCUT2D eigenvalue weighted by Crippen LogP contribution is -2.62. The Hall–Kier alpha value is -6.76. The van der Waals surface area contributed by atoms with E-state index in [9.17, 15) is 0 Å². The maximum absolute atomic E-state index is 7.42. The molecular formula is C58H34B2O2S3. The molecule has 14 rings (SSSR count). The van der Waals surface area contributed by atoms with E-state index in [1.165, 1.54) is 95.2 Å². The average Bonchev–Trinajstić information content (AvgIpc) is 3.36. The predicted molar refractivity (Wildman–Crippen MR) is 274 cm³/mol. The normalized spacial score (nSPS) is 13.4. The largest absolute Gasteiger partial charge is 0.458 e. The van der Waals surface area contributed by atoms with Gasteiger partial charge < -0.3 is 9.47 Å². The SMILES string of the molecule is c1ccc(Oc2cc3c4c(c2)Sc2ccccc2B4c2cc4c(c(-c5ccccc5)c2O3)Sc2cc(-c3ccccc3-c3cccc5ccccc35)cc3c2B4c2ccccc2S3)cc1. The van der Waals surface area contributed by atoms with Gasteiger partial charge in [-0.3, -0.25) is 0 Å². The first-order valence-corrected chi connectivity index (χ1v) is 24.5. The summed E-state index contributed by atoms with van der Waals surface area (Å²) in [4.78, 5) is 7.59. The van der Waals surface area contributed by atoms with Gasteiger partial charge in [-0.1, -0.05) is 209 Å². The molecule has 2 nitrogen and oxygen atoms in total. The molecule has 4 heterocycles. The second-order valence-electron chi connectivity index (χ2n) is 17.0. The van der Waals surface area contributed by atoms with Gasteiger partial charge >= 0.3 is 0 Å². The molecule has 0 fully saturated rings. The van der Waals surface area contributed by atoms with Gasteiger partial charge in [0.25, 0.3) is 6.71 Å². The third kappa shape index (κ3) is 5.96. The van der Waals surface area contributed by atoms with Crippen molar-refractivity contribution in [2.45, 2.75) is 29.4 Å². The number of ether oxygens (including phenoxy) is 2. The summed E-state index contributed by atoms with van der Waals surface area (Å²) in [5.74, 6) is 3.33. The molecule has 0 saturated carbocycles. The molecule has 65 heavy (non-hydrogen) atoms. The van der Waals surface area contributed by atoms with Gasteiger partial charge in [-0.25, -0.2) is 0 Å². The van der Waals surface area contributed by atoms with E-state index in [2.05, 4.69) is 176 Å². The highest BCUT2D eigenvalue weighted by Crippen LogP contribution is 2.50. The van der Waals surface area contributed by atoms with E-state index in [1.807, 2.05) is 65.6 Å². The van der Waals surface area contributed by atoms with Gasteiger partial charge in [-0.05, 0) is 97.4 Å². The summed E-state index contributed by atoms with van der Waals surface area (Å²) in [5.41, 5.74) is 15.1. The molecule has 10 aromatic rings. The minimum absolute atomic E-state index is 0.0215. The standard InChI is InChI=1S/C58H34B2O2S3/c1-3-17-36(18-4-1)54-57-46(59-44-26-11-13-28-49(44)64-53-33-39(32-48(62-57)55(53)59)61-38-20-5-2-6-21-38)34-47-58(54)65-52-31-37(30-51-56(52)60(47)45-27-12-14-29-50(45)63-51)41-23-9-10-24-42(41)43-25-15-19-35-16-7-8-22-40(35)43/h1-34H. The monoisotopic (exact) mass is 880 g/mol. The predicted octanol–water partition coefficient (Wildman–Crippen LogP) is 12.2. The lowest BCUT2D eigenvalue weighted by atomic mass is 9.32. The van der Waals surface area contributed by atoms with Gasteiger partial charge in [0.05, 0.1) is 0 Å². The quantitative estimate of drug-likeness (QED) is 0.160. The Balaban J connectivity index is 1.01. The van der Waals surface area contributed by atoms with E-state index in [4.69, 9.17) is 9.47 Å². The third-order valence-corrected chi connectivity index (χ3v) is 16.9. The van der Waals surface area contributed by atoms with Crippen molar-refractivity contribution in [1.29, 1.82) is 0 Å². The van der Waals surface area contributed by atoms with Crippen molar-refractivity contribution in [3.8, 4) is 56.4 Å². The smallest absolute Gasteiger partial charge is 0.253 e. The van der Waals surface area contributed by atoms with Gasteiger partial charge in [0.15, 0.2) is 0 Å². The summed E-state index contributed by atoms with van der Waals surface area (Å²) < 4.78 is 14.0. The molecule has 4 aliphatic heterocycles. The molecule has 0 N–H and O–H groups in total. The van der Waals surface area contributed by atoms with Crippen molar-refractivity contribution in [3.63, 3.8) is 0 Å². The summed E-state index contributed by atoms with van der Waals surface area (Å²) in [6.45, 7) is 0.0197. The molecule has 10 aromatic carbocycles. The number of hydrogen-bond donors (Lipinski definition) is 0. The molecule has 0 radical (unpaired) electrons. The Morgan fingerprint density at radius 1 is 0.385 bits per heavy atom. The highest BCUT2D eigenvalue weighted by Gasteiger charge is 2.45. The van der Waals surface area contributed by atoms with Crippen LogP contribution in [0.25, 0.3) is 44.2 Å². The van der Waals surface area contributed by atoms with E-state index in [1.54, 1.807) is 0 Å². The summed E-state index contributed by atoms with van der Waals surface area (Å²) in [6, 6.07) is 75.1. The molecular weight excluding hydrogens is 846 g/mol. The van der Waals surface area contributed by atoms with Gasteiger partial charge in [0.2, 0.25) is 6.71 Å². The van der Waals surface area contributed by atoms with Crippen molar-refractivity contribution < 1.29 is 9.47 Å². The molecule has 0 saturated heterocycles. The fourth-order valence-electron chi connectivity index (χ4n) is 10.6. The van der Waals surface area contributed by atoms with Gasteiger partial charge in [-0.2, -0.15) is 0 Å². The van der Waals surface area contributed by atoms with E-state index in [0.717, 1.165) is 34.1 Å². The number of fused-ring (bicyclic) bond motifs is 9. The van der Waals surface area contributed by atoms with Crippen molar-refractivity contribution >= 4 is 92.3 Å². The van der Waals surface area contributed by atoms with Crippen LogP contribution in [-0.2, 0) is 0 Å². The van der Waals surface area contributed by atoms with E-state index >= 15 is 0 Å². The van der Waals surface area contributed by atoms with Crippen LogP contribution in [0.15, 0.2) is 236 Å². The molecule has 0 amide bonds. The molecule has 0 aromatic heterocycles. The molecule has 0 aliphatic carbocycles. The van der Waals surface area contributed by atoms with Gasteiger partial charge in [0, 0.05) is 41.0 Å². The Labute approximate surface area is 391 Å². The lowest BCUT2D eigenvalue weighted by Gasteiger charge is -2.38. The maximum atomic E-state index is 7.42. The van der Waals surface area contributed by atoms with Crippen molar-refractivity contribution in [3.05, 3.63) is 206 Å². The second kappa shape index (κ2) is 14.9. The van der Waals surface area contributed by atoms with Crippen molar-refractivity contribution in [1.82, 2.24) is 0 Å². The second-order valence-corrected chi connectivity index (χ2v) is 20.2. The molecule has 7 heteroatoms. The third-order valence-electron chi connectivity index (χ3n) is 13.4. The fraction of sp³-hybridized carbons (Fsp3) is 0. The molecule has 0 spiro atoms. The van der Waals surface area contributed by atoms with Crippen molar-refractivity contribution in [2.24, 2.45) is 0 Å². The van der Waals surface area contributed by atoms with Gasteiger partial charge in [0.1, 0.15) is 23.0 Å². The number of benzene rings is 10. The molecule has 0 bridgehead atoms. The summed E-state index contributed by atoms with van der Waals surface area (Å²) in [6.07, 6.45) is 0. The summed E-state index contributed by atoms with van der Waals surface area (Å²) in [5, 5.41) is 2.51. The van der Waals surface area contributed by atoms with Crippen LogP contribution in [0.2, 0.25) is 0 Å². The summed E-state index contributed by atoms with van der Waals surface area (Å²) in [7, 11) is 0. The van der Waals surface area contributed by atoms with E-state index in [-0.39, 0.29) is 13.4 Å². The minimum atomic E-state index is -0.0215. The Bertz CT molecular complexity index is 3610. The first-order valence-electron chi connectivity index (χ1n) is 22.0. The van der Waals surface area contributed by atoms with Crippen LogP contribution in [0.3, 0.4) is 0 Å². The zero-order chi connectivity index (χ0) is 42.6. The van der Waals surface area contributed by atoms with E-state index < -0.39 is 0 Å². The average molecular weight is 881 g/mol. The molecule has 4 aliphatic rings. The van der Waals surface area contributed by atoms with E-state index in [0.29, 0.717) is 0 Å². The first-order chi connectivity index (χ1) is 32.2. The van der Waals surface area contributed by atoms with Crippen LogP contribution in [0.4, 0.5) is 0 Å². The van der Waals surface area contributed by atoms with Crippen molar-refractivity contribution in [2.75, 3.05) is 0 Å². The molecule has 0 unspecified atom stereocenters. The topological polar surface area (TPSA) is 18.5 Å². The van der Waals surface area contributed by atoms with Crippen LogP contribution in [0, 0.1) is 0 Å². The Morgan fingerprint density at radius 3 is 1.77 bits per heavy atom. The maximum Gasteiger partial charge on any atom is 0.253 e. The highest BCUT2D eigenvalue weighted by molar-refractivity contribution is 8.01. The minimum Gasteiger partial charge on any atom is -0.458 e. The summed E-state index contributed by atoms with van der Waals surface area (Å²) >= 11 is 5.63. The zero-order valence-electron chi connectivity index (χ0n) is 34.8. The fourth-order valence-corrected chi connectivity index (χ4v) is 14.4. The lowest BCUT2D eigenvalue weighted by molar-refractivity contribution is 0.461. The number of hydrogen-bond acceptors (Lipinski definition) is 5. The van der Waals surface area contributed by atoms with Crippen LogP contribution in [-0.4, -0.2) is 13.4 Å².